The number of aryl methyl sites for hydroxylation is 2. The van der Waals surface area contributed by atoms with Gasteiger partial charge in [0.15, 0.2) is 0 Å². The Hall–Kier alpha value is -1.37. The predicted octanol–water partition coefficient (Wildman–Crippen LogP) is 3.33. The van der Waals surface area contributed by atoms with Crippen LogP contribution in [0.15, 0.2) is 29.2 Å². The maximum Gasteiger partial charge on any atom is 0.246 e. The van der Waals surface area contributed by atoms with Gasteiger partial charge in [-0.3, -0.25) is 4.68 Å². The molecule has 3 rings (SSSR count). The van der Waals surface area contributed by atoms with Gasteiger partial charge in [0.1, 0.15) is 4.90 Å². The lowest BCUT2D eigenvalue weighted by Crippen LogP contribution is -2.39. The van der Waals surface area contributed by atoms with Gasteiger partial charge in [0.2, 0.25) is 10.0 Å². The summed E-state index contributed by atoms with van der Waals surface area (Å²) < 4.78 is 29.3. The first-order chi connectivity index (χ1) is 11.8. The Labute approximate surface area is 154 Å². The van der Waals surface area contributed by atoms with E-state index >= 15 is 0 Å². The minimum Gasteiger partial charge on any atom is -0.271 e. The van der Waals surface area contributed by atoms with Crippen molar-refractivity contribution in [2.24, 2.45) is 13.0 Å². The molecule has 2 heterocycles. The molecule has 25 heavy (non-hydrogen) atoms. The van der Waals surface area contributed by atoms with Gasteiger partial charge in [-0.25, -0.2) is 8.42 Å². The van der Waals surface area contributed by atoms with Crippen LogP contribution >= 0.6 is 11.6 Å². The molecule has 1 saturated heterocycles. The maximum absolute atomic E-state index is 13.0. The molecule has 1 aromatic heterocycles. The highest BCUT2D eigenvalue weighted by Gasteiger charge is 2.33. The van der Waals surface area contributed by atoms with Crippen LogP contribution in [0.25, 0.3) is 0 Å². The fraction of sp³-hybridized carbons (Fsp3) is 0.500. The van der Waals surface area contributed by atoms with E-state index in [2.05, 4.69) is 5.10 Å². The second-order valence-corrected chi connectivity index (χ2v) is 9.11. The molecule has 5 nitrogen and oxygen atoms in total. The first-order valence-corrected chi connectivity index (χ1v) is 10.4. The van der Waals surface area contributed by atoms with E-state index in [0.717, 1.165) is 24.3 Å². The van der Waals surface area contributed by atoms with Gasteiger partial charge >= 0.3 is 0 Å². The van der Waals surface area contributed by atoms with Gasteiger partial charge in [0.25, 0.3) is 0 Å². The molecule has 0 amide bonds. The number of aromatic nitrogens is 2. The van der Waals surface area contributed by atoms with Crippen LogP contribution < -0.4 is 0 Å². The second kappa shape index (κ2) is 7.09. The van der Waals surface area contributed by atoms with Crippen molar-refractivity contribution < 1.29 is 8.42 Å². The van der Waals surface area contributed by atoms with Crippen molar-refractivity contribution in [1.82, 2.24) is 14.1 Å². The van der Waals surface area contributed by atoms with E-state index in [1.165, 1.54) is 5.56 Å². The molecular formula is C18H24ClN3O2S. The van der Waals surface area contributed by atoms with E-state index < -0.39 is 10.0 Å². The normalized spacial score (nSPS) is 17.1. The maximum atomic E-state index is 13.0. The molecular weight excluding hydrogens is 358 g/mol. The molecule has 2 aromatic rings. The van der Waals surface area contributed by atoms with Gasteiger partial charge < -0.3 is 0 Å². The summed E-state index contributed by atoms with van der Waals surface area (Å²) >= 11 is 5.93. The number of nitrogens with zero attached hydrogens (tertiary/aromatic N) is 3. The van der Waals surface area contributed by atoms with Crippen molar-refractivity contribution in [3.8, 4) is 0 Å². The Bertz CT molecular complexity index is 851. The Morgan fingerprint density at radius 3 is 2.28 bits per heavy atom. The minimum absolute atomic E-state index is 0.367. The molecule has 1 aromatic carbocycles. The van der Waals surface area contributed by atoms with Crippen molar-refractivity contribution in [3.05, 3.63) is 46.2 Å². The topological polar surface area (TPSA) is 55.2 Å². The van der Waals surface area contributed by atoms with Crippen LogP contribution in [0, 0.1) is 19.8 Å². The number of hydrogen-bond acceptors (Lipinski definition) is 3. The van der Waals surface area contributed by atoms with E-state index in [1.54, 1.807) is 29.9 Å². The summed E-state index contributed by atoms with van der Waals surface area (Å²) in [4.78, 5) is 0.367. The number of halogens is 1. The van der Waals surface area contributed by atoms with Crippen molar-refractivity contribution in [2.75, 3.05) is 13.1 Å². The summed E-state index contributed by atoms with van der Waals surface area (Å²) in [6.07, 6.45) is 2.72. The molecule has 0 unspecified atom stereocenters. The van der Waals surface area contributed by atoms with Crippen LogP contribution in [-0.4, -0.2) is 35.6 Å². The van der Waals surface area contributed by atoms with Crippen molar-refractivity contribution in [1.29, 1.82) is 0 Å². The first kappa shape index (κ1) is 18.4. The lowest BCUT2D eigenvalue weighted by Gasteiger charge is -2.31. The summed E-state index contributed by atoms with van der Waals surface area (Å²) in [6, 6.07) is 7.91. The van der Waals surface area contributed by atoms with Gasteiger partial charge in [-0.15, -0.1) is 0 Å². The third-order valence-corrected chi connectivity index (χ3v) is 7.46. The Balaban J connectivity index is 1.68. The third kappa shape index (κ3) is 3.76. The molecule has 0 N–H and O–H groups in total. The minimum atomic E-state index is -3.47. The van der Waals surface area contributed by atoms with Crippen molar-refractivity contribution in [2.45, 2.75) is 38.0 Å². The average molecular weight is 382 g/mol. The highest BCUT2D eigenvalue weighted by Crippen LogP contribution is 2.29. The number of rotatable bonds is 4. The SMILES string of the molecule is Cc1nn(C)c(C)c1S(=O)(=O)N1CCC(Cc2ccc(Cl)cc2)CC1. The smallest absolute Gasteiger partial charge is 0.246 e. The summed E-state index contributed by atoms with van der Waals surface area (Å²) in [6.45, 7) is 4.69. The molecule has 1 aliphatic rings. The first-order valence-electron chi connectivity index (χ1n) is 8.54. The van der Waals surface area contributed by atoms with Crippen LogP contribution in [0.2, 0.25) is 5.02 Å². The Morgan fingerprint density at radius 1 is 1.16 bits per heavy atom. The van der Waals surface area contributed by atoms with Gasteiger partial charge in [0.05, 0.1) is 11.4 Å². The Kier molecular flexibility index (Phi) is 5.23. The van der Waals surface area contributed by atoms with Crippen molar-refractivity contribution >= 4 is 21.6 Å². The highest BCUT2D eigenvalue weighted by atomic mass is 35.5. The predicted molar refractivity (Wildman–Crippen MR) is 99.3 cm³/mol. The third-order valence-electron chi connectivity index (χ3n) is 5.05. The number of piperidine rings is 1. The Morgan fingerprint density at radius 2 is 1.76 bits per heavy atom. The molecule has 0 aliphatic carbocycles. The number of hydrogen-bond donors (Lipinski definition) is 0. The zero-order valence-corrected chi connectivity index (χ0v) is 16.4. The molecule has 1 aliphatic heterocycles. The lowest BCUT2D eigenvalue weighted by atomic mass is 9.91. The number of sulfonamides is 1. The van der Waals surface area contributed by atoms with E-state index in [1.807, 2.05) is 24.3 Å². The number of benzene rings is 1. The van der Waals surface area contributed by atoms with E-state index in [9.17, 15) is 8.42 Å². The molecule has 0 bridgehead atoms. The van der Waals surface area contributed by atoms with Crippen LogP contribution in [0.5, 0.6) is 0 Å². The van der Waals surface area contributed by atoms with Crippen LogP contribution in [-0.2, 0) is 23.5 Å². The fourth-order valence-electron chi connectivity index (χ4n) is 3.56. The summed E-state index contributed by atoms with van der Waals surface area (Å²) in [7, 11) is -1.69. The van der Waals surface area contributed by atoms with E-state index in [4.69, 9.17) is 11.6 Å². The van der Waals surface area contributed by atoms with Crippen molar-refractivity contribution in [3.63, 3.8) is 0 Å². The van der Waals surface area contributed by atoms with Crippen LogP contribution in [0.3, 0.4) is 0 Å². The van der Waals surface area contributed by atoms with Crippen LogP contribution in [0.1, 0.15) is 29.8 Å². The zero-order chi connectivity index (χ0) is 18.2. The fourth-order valence-corrected chi connectivity index (χ4v) is 5.56. The summed E-state index contributed by atoms with van der Waals surface area (Å²) in [5.74, 6) is 0.503. The standard InChI is InChI=1S/C18H24ClN3O2S/c1-13-18(14(2)21(3)20-13)25(23,24)22-10-8-16(9-11-22)12-15-4-6-17(19)7-5-15/h4-7,16H,8-12H2,1-3H3. The van der Waals surface area contributed by atoms with Gasteiger partial charge in [-0.2, -0.15) is 9.40 Å². The zero-order valence-electron chi connectivity index (χ0n) is 14.9. The van der Waals surface area contributed by atoms with E-state index in [-0.39, 0.29) is 0 Å². The quantitative estimate of drug-likeness (QED) is 0.816. The second-order valence-electron chi connectivity index (χ2n) is 6.80. The highest BCUT2D eigenvalue weighted by molar-refractivity contribution is 7.89. The van der Waals surface area contributed by atoms with Gasteiger partial charge in [0, 0.05) is 25.2 Å². The lowest BCUT2D eigenvalue weighted by molar-refractivity contribution is 0.272. The largest absolute Gasteiger partial charge is 0.271 e. The van der Waals surface area contributed by atoms with Crippen LogP contribution in [0.4, 0.5) is 0 Å². The summed E-state index contributed by atoms with van der Waals surface area (Å²) in [5.41, 5.74) is 2.52. The molecule has 0 spiro atoms. The monoisotopic (exact) mass is 381 g/mol. The molecule has 0 saturated carbocycles. The molecule has 1 fully saturated rings. The molecule has 0 radical (unpaired) electrons. The molecule has 0 atom stereocenters. The molecule has 7 heteroatoms. The molecule has 136 valence electrons. The summed E-state index contributed by atoms with van der Waals surface area (Å²) in [5, 5.41) is 4.99. The van der Waals surface area contributed by atoms with E-state index in [0.29, 0.717) is 35.3 Å². The van der Waals surface area contributed by atoms with Gasteiger partial charge in [-0.05, 0) is 56.7 Å². The van der Waals surface area contributed by atoms with Gasteiger partial charge in [-0.1, -0.05) is 23.7 Å². The average Bonchev–Trinajstić information content (AvgIpc) is 2.83.